The molecule has 0 radical (unpaired) electrons. The fraction of sp³-hybridized carbons (Fsp3) is 0.522. The summed E-state index contributed by atoms with van der Waals surface area (Å²) in [5.41, 5.74) is 2.52. The quantitative estimate of drug-likeness (QED) is 0.661. The number of aryl methyl sites for hydroxylation is 1. The van der Waals surface area contributed by atoms with Crippen LogP contribution in [0.2, 0.25) is 0 Å². The van der Waals surface area contributed by atoms with Crippen LogP contribution in [0.1, 0.15) is 65.4 Å². The largest absolute Gasteiger partial charge is 0.349 e. The highest BCUT2D eigenvalue weighted by Gasteiger charge is 2.29. The van der Waals surface area contributed by atoms with Gasteiger partial charge in [-0.1, -0.05) is 6.42 Å². The van der Waals surface area contributed by atoms with Crippen molar-refractivity contribution in [2.45, 2.75) is 64.0 Å². The van der Waals surface area contributed by atoms with Crippen molar-refractivity contribution in [3.05, 3.63) is 38.4 Å². The Bertz CT molecular complexity index is 969. The highest BCUT2D eigenvalue weighted by Crippen LogP contribution is 2.37. The van der Waals surface area contributed by atoms with Gasteiger partial charge in [-0.15, -0.1) is 11.3 Å². The van der Waals surface area contributed by atoms with Crippen LogP contribution >= 0.6 is 22.7 Å². The van der Waals surface area contributed by atoms with E-state index in [1.165, 1.54) is 22.6 Å². The number of amides is 2. The van der Waals surface area contributed by atoms with E-state index in [0.29, 0.717) is 16.1 Å². The lowest BCUT2D eigenvalue weighted by atomic mass is 10.0. The Kier molecular flexibility index (Phi) is 7.06. The average Bonchev–Trinajstić information content (AvgIpc) is 3.36. The van der Waals surface area contributed by atoms with Crippen molar-refractivity contribution >= 4 is 39.5 Å². The second kappa shape index (κ2) is 9.94. The smallest absolute Gasteiger partial charge is 0.252 e. The summed E-state index contributed by atoms with van der Waals surface area (Å²) >= 11 is 3.10. The van der Waals surface area contributed by atoms with Crippen molar-refractivity contribution in [1.29, 1.82) is 5.26 Å². The second-order valence-corrected chi connectivity index (χ2v) is 10.2. The lowest BCUT2D eigenvalue weighted by molar-refractivity contribution is -0.121. The molecule has 1 atom stereocenters. The van der Waals surface area contributed by atoms with Gasteiger partial charge in [-0.25, -0.2) is 0 Å². The summed E-state index contributed by atoms with van der Waals surface area (Å²) < 4.78 is 0. The van der Waals surface area contributed by atoms with Crippen LogP contribution in [-0.2, 0) is 17.6 Å². The van der Waals surface area contributed by atoms with Gasteiger partial charge >= 0.3 is 0 Å². The van der Waals surface area contributed by atoms with E-state index in [9.17, 15) is 14.9 Å². The highest BCUT2D eigenvalue weighted by atomic mass is 32.1. The Hall–Kier alpha value is -2.21. The van der Waals surface area contributed by atoms with Gasteiger partial charge in [0.2, 0.25) is 5.91 Å². The summed E-state index contributed by atoms with van der Waals surface area (Å²) in [4.78, 5) is 28.6. The number of fused-ring (bicyclic) bond motifs is 1. The first-order chi connectivity index (χ1) is 15.1. The lowest BCUT2D eigenvalue weighted by Gasteiger charge is -2.35. The summed E-state index contributed by atoms with van der Waals surface area (Å²) in [5.74, 6) is -0.0827. The minimum absolute atomic E-state index is 0.0213. The van der Waals surface area contributed by atoms with Gasteiger partial charge in [-0.2, -0.15) is 16.6 Å². The van der Waals surface area contributed by atoms with Crippen molar-refractivity contribution in [1.82, 2.24) is 10.2 Å². The molecule has 0 saturated carbocycles. The molecule has 31 heavy (non-hydrogen) atoms. The predicted octanol–water partition coefficient (Wildman–Crippen LogP) is 4.17. The predicted molar refractivity (Wildman–Crippen MR) is 125 cm³/mol. The zero-order valence-electron chi connectivity index (χ0n) is 17.8. The summed E-state index contributed by atoms with van der Waals surface area (Å²) in [6.07, 6.45) is 7.05. The Balaban J connectivity index is 1.32. The molecule has 2 amide bonds. The first kappa shape index (κ1) is 22.0. The molecule has 3 heterocycles. The molecule has 164 valence electrons. The van der Waals surface area contributed by atoms with Crippen LogP contribution in [0.4, 0.5) is 5.00 Å². The van der Waals surface area contributed by atoms with Crippen LogP contribution in [0.3, 0.4) is 0 Å². The number of hydrogen-bond acceptors (Lipinski definition) is 6. The molecule has 2 N–H and O–H groups in total. The third-order valence-electron chi connectivity index (χ3n) is 6.35. The molecule has 0 aromatic carbocycles. The number of nitrogens with zero attached hydrogens (tertiary/aromatic N) is 2. The van der Waals surface area contributed by atoms with Gasteiger partial charge in [-0.3, -0.25) is 14.5 Å². The van der Waals surface area contributed by atoms with Crippen molar-refractivity contribution in [3.8, 4) is 6.07 Å². The van der Waals surface area contributed by atoms with Gasteiger partial charge in [0.25, 0.3) is 5.91 Å². The first-order valence-corrected chi connectivity index (χ1v) is 12.8. The molecule has 6 nitrogen and oxygen atoms in total. The first-order valence-electron chi connectivity index (χ1n) is 11.0. The van der Waals surface area contributed by atoms with Crippen LogP contribution in [-0.4, -0.2) is 41.9 Å². The van der Waals surface area contributed by atoms with Gasteiger partial charge in [0.15, 0.2) is 0 Å². The zero-order valence-corrected chi connectivity index (χ0v) is 19.4. The van der Waals surface area contributed by atoms with E-state index in [0.717, 1.165) is 57.2 Å². The number of hydrogen-bond donors (Lipinski definition) is 2. The molecule has 1 unspecified atom stereocenters. The normalized spacial score (nSPS) is 18.5. The van der Waals surface area contributed by atoms with Crippen LogP contribution in [0.25, 0.3) is 0 Å². The number of rotatable bonds is 5. The van der Waals surface area contributed by atoms with E-state index in [1.54, 1.807) is 11.3 Å². The maximum Gasteiger partial charge on any atom is 0.252 e. The minimum Gasteiger partial charge on any atom is -0.349 e. The maximum atomic E-state index is 13.0. The van der Waals surface area contributed by atoms with Crippen LogP contribution in [0, 0.1) is 11.3 Å². The molecular weight excluding hydrogens is 428 g/mol. The number of carbonyl (C=O) groups is 2. The monoisotopic (exact) mass is 456 g/mol. The van der Waals surface area contributed by atoms with Crippen molar-refractivity contribution < 1.29 is 9.59 Å². The van der Waals surface area contributed by atoms with Gasteiger partial charge in [-0.05, 0) is 62.5 Å². The molecule has 2 aromatic heterocycles. The van der Waals surface area contributed by atoms with Crippen LogP contribution in [0.5, 0.6) is 0 Å². The van der Waals surface area contributed by atoms with Crippen LogP contribution < -0.4 is 10.6 Å². The molecule has 2 aromatic rings. The molecule has 0 bridgehead atoms. The van der Waals surface area contributed by atoms with Crippen LogP contribution in [0.15, 0.2) is 16.8 Å². The fourth-order valence-corrected chi connectivity index (χ4v) is 6.30. The van der Waals surface area contributed by atoms with Gasteiger partial charge in [0.1, 0.15) is 11.1 Å². The van der Waals surface area contributed by atoms with Crippen molar-refractivity contribution in [3.63, 3.8) is 0 Å². The van der Waals surface area contributed by atoms with Crippen molar-refractivity contribution in [2.24, 2.45) is 0 Å². The molecule has 1 aliphatic carbocycles. The Morgan fingerprint density at radius 1 is 1.23 bits per heavy atom. The van der Waals surface area contributed by atoms with Gasteiger partial charge in [0, 0.05) is 35.0 Å². The minimum atomic E-state index is -0.276. The number of thiophene rings is 2. The van der Waals surface area contributed by atoms with E-state index in [2.05, 4.69) is 21.6 Å². The molecule has 2 aliphatic rings. The van der Waals surface area contributed by atoms with E-state index < -0.39 is 0 Å². The fourth-order valence-electron chi connectivity index (χ4n) is 4.42. The molecule has 1 aliphatic heterocycles. The van der Waals surface area contributed by atoms with Gasteiger partial charge < -0.3 is 10.6 Å². The summed E-state index contributed by atoms with van der Waals surface area (Å²) in [5, 5.41) is 20.3. The molecule has 4 rings (SSSR count). The van der Waals surface area contributed by atoms with E-state index in [1.807, 2.05) is 23.8 Å². The molecule has 1 saturated heterocycles. The lowest BCUT2D eigenvalue weighted by Crippen LogP contribution is -2.50. The summed E-state index contributed by atoms with van der Waals surface area (Å²) in [6.45, 7) is 3.44. The number of piperidine rings is 1. The third kappa shape index (κ3) is 5.00. The Labute approximate surface area is 191 Å². The second-order valence-electron chi connectivity index (χ2n) is 8.34. The molecule has 8 heteroatoms. The molecule has 1 fully saturated rings. The van der Waals surface area contributed by atoms with Crippen molar-refractivity contribution in [2.75, 3.05) is 18.4 Å². The number of nitrogens with one attached hydrogen (secondary N) is 2. The zero-order chi connectivity index (χ0) is 21.8. The standard InChI is InChI=1S/C23H28N4O2S2/c1-15(27-10-7-17(8-11-27)25-22(29)16-9-12-30-14-16)21(28)26-23-19(13-24)18-5-3-2-4-6-20(18)31-23/h9,12,14-15,17H,2-8,10-11H2,1H3,(H,25,29)(H,26,28). The third-order valence-corrected chi connectivity index (χ3v) is 8.24. The number of likely N-dealkylation sites (tertiary alicyclic amines) is 1. The Morgan fingerprint density at radius 3 is 2.71 bits per heavy atom. The number of carbonyl (C=O) groups excluding carboxylic acids is 2. The number of nitriles is 1. The number of anilines is 1. The van der Waals surface area contributed by atoms with E-state index in [4.69, 9.17) is 0 Å². The Morgan fingerprint density at radius 2 is 2.00 bits per heavy atom. The molecular formula is C23H28N4O2S2. The van der Waals surface area contributed by atoms with Gasteiger partial charge in [0.05, 0.1) is 11.6 Å². The van der Waals surface area contributed by atoms with E-state index in [-0.39, 0.29) is 23.9 Å². The molecule has 0 spiro atoms. The highest BCUT2D eigenvalue weighted by molar-refractivity contribution is 7.16. The SMILES string of the molecule is CC(C(=O)Nc1sc2c(c1C#N)CCCCC2)N1CCC(NC(=O)c2ccsc2)CC1. The van der Waals surface area contributed by atoms with E-state index >= 15 is 0 Å². The summed E-state index contributed by atoms with van der Waals surface area (Å²) in [6, 6.07) is 4.03. The average molecular weight is 457 g/mol. The maximum absolute atomic E-state index is 13.0. The topological polar surface area (TPSA) is 85.2 Å². The summed E-state index contributed by atoms with van der Waals surface area (Å²) in [7, 11) is 0.